The molecule has 0 spiro atoms. The number of benzene rings is 2. The SMILES string of the molecule is O=C(COc1cccc(F)c1)N/N=C/c1cc(Br)ccc1O. The molecule has 22 heavy (non-hydrogen) atoms. The van der Waals surface area contributed by atoms with Crippen LogP contribution in [0.1, 0.15) is 5.56 Å². The average Bonchev–Trinajstić information content (AvgIpc) is 2.49. The zero-order valence-electron chi connectivity index (χ0n) is 11.3. The van der Waals surface area contributed by atoms with Gasteiger partial charge in [-0.25, -0.2) is 9.82 Å². The van der Waals surface area contributed by atoms with Crippen LogP contribution in [-0.4, -0.2) is 23.8 Å². The summed E-state index contributed by atoms with van der Waals surface area (Å²) in [6.45, 7) is -0.300. The summed E-state index contributed by atoms with van der Waals surface area (Å²) < 4.78 is 18.8. The maximum Gasteiger partial charge on any atom is 0.277 e. The lowest BCUT2D eigenvalue weighted by atomic mass is 10.2. The molecule has 2 rings (SSSR count). The van der Waals surface area contributed by atoms with E-state index in [0.717, 1.165) is 4.47 Å². The molecule has 0 aliphatic carbocycles. The van der Waals surface area contributed by atoms with Gasteiger partial charge < -0.3 is 9.84 Å². The predicted molar refractivity (Wildman–Crippen MR) is 83.4 cm³/mol. The number of halogens is 2. The fraction of sp³-hybridized carbons (Fsp3) is 0.0667. The molecule has 0 radical (unpaired) electrons. The molecule has 2 aromatic carbocycles. The van der Waals surface area contributed by atoms with Crippen molar-refractivity contribution in [1.82, 2.24) is 5.43 Å². The van der Waals surface area contributed by atoms with E-state index < -0.39 is 11.7 Å². The third-order valence-electron chi connectivity index (χ3n) is 2.55. The first-order valence-electron chi connectivity index (χ1n) is 6.23. The molecule has 0 aliphatic rings. The van der Waals surface area contributed by atoms with E-state index >= 15 is 0 Å². The van der Waals surface area contributed by atoms with Crippen molar-refractivity contribution in [2.24, 2.45) is 5.10 Å². The summed E-state index contributed by atoms with van der Waals surface area (Å²) in [7, 11) is 0. The second-order valence-electron chi connectivity index (χ2n) is 4.24. The number of hydrogen-bond acceptors (Lipinski definition) is 4. The van der Waals surface area contributed by atoms with Crippen molar-refractivity contribution in [2.75, 3.05) is 6.61 Å². The molecule has 7 heteroatoms. The summed E-state index contributed by atoms with van der Waals surface area (Å²) in [5.74, 6) is -0.656. The lowest BCUT2D eigenvalue weighted by Gasteiger charge is -2.04. The van der Waals surface area contributed by atoms with Crippen LogP contribution in [0.5, 0.6) is 11.5 Å². The lowest BCUT2D eigenvalue weighted by Crippen LogP contribution is -2.24. The number of phenols is 1. The fourth-order valence-corrected chi connectivity index (χ4v) is 1.92. The third kappa shape index (κ3) is 4.85. The van der Waals surface area contributed by atoms with Crippen LogP contribution in [0, 0.1) is 5.82 Å². The van der Waals surface area contributed by atoms with Gasteiger partial charge in [0.2, 0.25) is 0 Å². The van der Waals surface area contributed by atoms with E-state index in [2.05, 4.69) is 26.5 Å². The Morgan fingerprint density at radius 1 is 1.36 bits per heavy atom. The van der Waals surface area contributed by atoms with Gasteiger partial charge in [0.1, 0.15) is 17.3 Å². The number of amides is 1. The molecule has 0 atom stereocenters. The number of nitrogens with zero attached hydrogens (tertiary/aromatic N) is 1. The van der Waals surface area contributed by atoms with E-state index in [4.69, 9.17) is 4.74 Å². The van der Waals surface area contributed by atoms with Gasteiger partial charge in [0.25, 0.3) is 5.91 Å². The molecule has 2 aromatic rings. The fourth-order valence-electron chi connectivity index (χ4n) is 1.54. The van der Waals surface area contributed by atoms with Gasteiger partial charge in [-0.3, -0.25) is 4.79 Å². The molecule has 5 nitrogen and oxygen atoms in total. The summed E-state index contributed by atoms with van der Waals surface area (Å²) in [6.07, 6.45) is 1.31. The summed E-state index contributed by atoms with van der Waals surface area (Å²) in [4.78, 5) is 11.5. The van der Waals surface area contributed by atoms with Gasteiger partial charge in [0, 0.05) is 16.1 Å². The summed E-state index contributed by atoms with van der Waals surface area (Å²) in [6, 6.07) is 10.3. The van der Waals surface area contributed by atoms with Crippen molar-refractivity contribution in [3.8, 4) is 11.5 Å². The number of carbonyl (C=O) groups is 1. The lowest BCUT2D eigenvalue weighted by molar-refractivity contribution is -0.123. The molecular weight excluding hydrogens is 355 g/mol. The first kappa shape index (κ1) is 16.0. The number of aromatic hydroxyl groups is 1. The van der Waals surface area contributed by atoms with E-state index in [0.29, 0.717) is 5.56 Å². The van der Waals surface area contributed by atoms with Crippen LogP contribution in [0.4, 0.5) is 4.39 Å². The standard InChI is InChI=1S/C15H12BrFN2O3/c16-11-4-5-14(20)10(6-11)8-18-19-15(21)9-22-13-3-1-2-12(17)7-13/h1-8,20H,9H2,(H,19,21)/b18-8+. The van der Waals surface area contributed by atoms with E-state index in [1.165, 1.54) is 30.5 Å². The minimum absolute atomic E-state index is 0.0391. The number of hydrazone groups is 1. The Bertz CT molecular complexity index is 707. The van der Waals surface area contributed by atoms with Gasteiger partial charge in [0.05, 0.1) is 6.21 Å². The normalized spacial score (nSPS) is 10.6. The first-order valence-corrected chi connectivity index (χ1v) is 7.02. The second kappa shape index (κ2) is 7.56. The highest BCUT2D eigenvalue weighted by Crippen LogP contribution is 2.19. The minimum atomic E-state index is -0.505. The largest absolute Gasteiger partial charge is 0.507 e. The van der Waals surface area contributed by atoms with E-state index in [-0.39, 0.29) is 18.1 Å². The van der Waals surface area contributed by atoms with Gasteiger partial charge >= 0.3 is 0 Å². The molecular formula is C15H12BrFN2O3. The number of rotatable bonds is 5. The van der Waals surface area contributed by atoms with Crippen LogP contribution < -0.4 is 10.2 Å². The van der Waals surface area contributed by atoms with Crippen LogP contribution in [0.3, 0.4) is 0 Å². The number of ether oxygens (including phenoxy) is 1. The van der Waals surface area contributed by atoms with E-state index in [9.17, 15) is 14.3 Å². The van der Waals surface area contributed by atoms with Crippen LogP contribution in [0.2, 0.25) is 0 Å². The maximum absolute atomic E-state index is 12.9. The van der Waals surface area contributed by atoms with Crippen LogP contribution in [0.25, 0.3) is 0 Å². The molecule has 0 unspecified atom stereocenters. The quantitative estimate of drug-likeness (QED) is 0.631. The van der Waals surface area contributed by atoms with Crippen molar-refractivity contribution in [2.45, 2.75) is 0 Å². The Kier molecular flexibility index (Phi) is 5.48. The molecule has 0 fully saturated rings. The average molecular weight is 367 g/mol. The van der Waals surface area contributed by atoms with Crippen molar-refractivity contribution < 1.29 is 19.0 Å². The van der Waals surface area contributed by atoms with Crippen molar-refractivity contribution in [3.05, 3.63) is 58.3 Å². The minimum Gasteiger partial charge on any atom is -0.507 e. The highest BCUT2D eigenvalue weighted by atomic mass is 79.9. The Morgan fingerprint density at radius 2 is 2.18 bits per heavy atom. The molecule has 0 saturated heterocycles. The molecule has 0 aliphatic heterocycles. The number of nitrogens with one attached hydrogen (secondary N) is 1. The second-order valence-corrected chi connectivity index (χ2v) is 5.16. The highest BCUT2D eigenvalue weighted by molar-refractivity contribution is 9.10. The zero-order valence-corrected chi connectivity index (χ0v) is 12.9. The molecule has 1 amide bonds. The number of phenolic OH excluding ortho intramolecular Hbond substituents is 1. The van der Waals surface area contributed by atoms with Gasteiger partial charge in [-0.05, 0) is 30.3 Å². The topological polar surface area (TPSA) is 70.9 Å². The smallest absolute Gasteiger partial charge is 0.277 e. The molecule has 0 saturated carbocycles. The van der Waals surface area contributed by atoms with Crippen LogP contribution in [0.15, 0.2) is 52.0 Å². The van der Waals surface area contributed by atoms with Crippen molar-refractivity contribution in [3.63, 3.8) is 0 Å². The van der Waals surface area contributed by atoms with Gasteiger partial charge in [-0.2, -0.15) is 5.10 Å². The van der Waals surface area contributed by atoms with E-state index in [1.54, 1.807) is 18.2 Å². The Labute approximate surface area is 134 Å². The van der Waals surface area contributed by atoms with Gasteiger partial charge in [0.15, 0.2) is 6.61 Å². The molecule has 0 aromatic heterocycles. The van der Waals surface area contributed by atoms with Gasteiger partial charge in [-0.15, -0.1) is 0 Å². The zero-order chi connectivity index (χ0) is 15.9. The maximum atomic E-state index is 12.9. The number of carbonyl (C=O) groups excluding carboxylic acids is 1. The molecule has 0 heterocycles. The Balaban J connectivity index is 1.85. The Morgan fingerprint density at radius 3 is 2.95 bits per heavy atom. The summed E-state index contributed by atoms with van der Waals surface area (Å²) in [5.41, 5.74) is 2.69. The molecule has 0 bridgehead atoms. The Hall–Kier alpha value is -2.41. The summed E-state index contributed by atoms with van der Waals surface area (Å²) in [5, 5.41) is 13.3. The monoisotopic (exact) mass is 366 g/mol. The van der Waals surface area contributed by atoms with Gasteiger partial charge in [-0.1, -0.05) is 22.0 Å². The van der Waals surface area contributed by atoms with Crippen molar-refractivity contribution in [1.29, 1.82) is 0 Å². The van der Waals surface area contributed by atoms with Crippen molar-refractivity contribution >= 4 is 28.1 Å². The van der Waals surface area contributed by atoms with E-state index in [1.807, 2.05) is 0 Å². The van der Waals surface area contributed by atoms with Crippen LogP contribution in [-0.2, 0) is 4.79 Å². The molecule has 114 valence electrons. The first-order chi connectivity index (χ1) is 10.5. The van der Waals surface area contributed by atoms with Crippen LogP contribution >= 0.6 is 15.9 Å². The molecule has 2 N–H and O–H groups in total. The summed E-state index contributed by atoms with van der Waals surface area (Å²) >= 11 is 3.26. The third-order valence-corrected chi connectivity index (χ3v) is 3.04. The number of hydrogen-bond donors (Lipinski definition) is 2. The predicted octanol–water partition coefficient (Wildman–Crippen LogP) is 2.82. The highest BCUT2D eigenvalue weighted by Gasteiger charge is 2.03.